The molecule has 110 valence electrons. The van der Waals surface area contributed by atoms with E-state index in [4.69, 9.17) is 9.47 Å². The van der Waals surface area contributed by atoms with Gasteiger partial charge in [-0.05, 0) is 50.6 Å². The summed E-state index contributed by atoms with van der Waals surface area (Å²) in [5.41, 5.74) is 3.57. The molecule has 0 radical (unpaired) electrons. The zero-order chi connectivity index (χ0) is 13.9. The van der Waals surface area contributed by atoms with Gasteiger partial charge in [-0.15, -0.1) is 0 Å². The van der Waals surface area contributed by atoms with Crippen LogP contribution >= 0.6 is 0 Å². The molecule has 2 aliphatic heterocycles. The molecule has 2 N–H and O–H groups in total. The highest BCUT2D eigenvalue weighted by Crippen LogP contribution is 2.37. The molecular formula is C15H22N2O3. The maximum absolute atomic E-state index is 9.36. The summed E-state index contributed by atoms with van der Waals surface area (Å²) in [6.45, 7) is 4.45. The number of hydroxylamine groups is 1. The average molecular weight is 278 g/mol. The Kier molecular flexibility index (Phi) is 4.10. The first-order chi connectivity index (χ1) is 9.79. The summed E-state index contributed by atoms with van der Waals surface area (Å²) >= 11 is 0. The van der Waals surface area contributed by atoms with Crippen LogP contribution in [0.5, 0.6) is 11.5 Å². The molecule has 3 rings (SSSR count). The Morgan fingerprint density at radius 3 is 2.65 bits per heavy atom. The Labute approximate surface area is 119 Å². The number of nitrogens with one attached hydrogen (secondary N) is 1. The fourth-order valence-corrected chi connectivity index (χ4v) is 3.18. The van der Waals surface area contributed by atoms with Gasteiger partial charge >= 0.3 is 0 Å². The van der Waals surface area contributed by atoms with E-state index in [-0.39, 0.29) is 12.1 Å². The zero-order valence-electron chi connectivity index (χ0n) is 11.8. The smallest absolute Gasteiger partial charge is 0.231 e. The van der Waals surface area contributed by atoms with Gasteiger partial charge in [0.2, 0.25) is 6.79 Å². The molecule has 1 aromatic carbocycles. The second-order valence-electron chi connectivity index (χ2n) is 5.57. The van der Waals surface area contributed by atoms with Crippen molar-refractivity contribution in [1.82, 2.24) is 10.4 Å². The van der Waals surface area contributed by atoms with Crippen LogP contribution in [0.2, 0.25) is 0 Å². The lowest BCUT2D eigenvalue weighted by atomic mass is 9.96. The number of hydrogen-bond acceptors (Lipinski definition) is 5. The number of piperidine rings is 1. The first-order valence-electron chi connectivity index (χ1n) is 7.33. The molecular weight excluding hydrogens is 256 g/mol. The first-order valence-corrected chi connectivity index (χ1v) is 7.33. The third kappa shape index (κ3) is 2.61. The number of likely N-dealkylation sites (tertiary alicyclic amines) is 1. The van der Waals surface area contributed by atoms with Gasteiger partial charge in [0.05, 0.1) is 6.04 Å². The largest absolute Gasteiger partial charge is 0.454 e. The molecule has 1 fully saturated rings. The van der Waals surface area contributed by atoms with E-state index in [0.29, 0.717) is 6.79 Å². The van der Waals surface area contributed by atoms with Gasteiger partial charge in [0.25, 0.3) is 0 Å². The van der Waals surface area contributed by atoms with Crippen molar-refractivity contribution in [3.8, 4) is 11.5 Å². The number of fused-ring (bicyclic) bond motifs is 1. The molecule has 5 nitrogen and oxygen atoms in total. The molecule has 2 heterocycles. The number of rotatable bonds is 4. The van der Waals surface area contributed by atoms with E-state index in [9.17, 15) is 5.21 Å². The topological polar surface area (TPSA) is 54.0 Å². The van der Waals surface area contributed by atoms with Gasteiger partial charge in [-0.3, -0.25) is 4.90 Å². The molecule has 0 aliphatic carbocycles. The molecule has 1 aromatic rings. The minimum atomic E-state index is -0.0338. The third-order valence-electron chi connectivity index (χ3n) is 4.20. The molecule has 0 aromatic heterocycles. The number of nitrogens with zero attached hydrogens (tertiary/aromatic N) is 1. The lowest BCUT2D eigenvalue weighted by Crippen LogP contribution is -2.43. The lowest BCUT2D eigenvalue weighted by Gasteiger charge is -2.37. The van der Waals surface area contributed by atoms with Crippen molar-refractivity contribution < 1.29 is 14.7 Å². The molecule has 1 saturated heterocycles. The quantitative estimate of drug-likeness (QED) is 0.828. The van der Waals surface area contributed by atoms with Gasteiger partial charge in [-0.25, -0.2) is 5.48 Å². The molecule has 20 heavy (non-hydrogen) atoms. The number of hydrogen-bond donors (Lipinski definition) is 2. The lowest BCUT2D eigenvalue weighted by molar-refractivity contribution is 0.0588. The molecule has 0 spiro atoms. The summed E-state index contributed by atoms with van der Waals surface area (Å²) in [5, 5.41) is 9.36. The van der Waals surface area contributed by atoms with Gasteiger partial charge in [0.15, 0.2) is 11.5 Å². The van der Waals surface area contributed by atoms with Crippen molar-refractivity contribution in [2.45, 2.75) is 38.3 Å². The highest BCUT2D eigenvalue weighted by molar-refractivity contribution is 5.45. The van der Waals surface area contributed by atoms with Crippen LogP contribution in [-0.2, 0) is 0 Å². The van der Waals surface area contributed by atoms with Crippen LogP contribution in [0.25, 0.3) is 0 Å². The normalized spacial score (nSPS) is 21.7. The number of ether oxygens (including phenoxy) is 2. The summed E-state index contributed by atoms with van der Waals surface area (Å²) in [6.07, 6.45) is 3.74. The van der Waals surface area contributed by atoms with Gasteiger partial charge in [-0.1, -0.05) is 12.5 Å². The summed E-state index contributed by atoms with van der Waals surface area (Å²) in [4.78, 5) is 2.44. The molecule has 2 aliphatic rings. The van der Waals surface area contributed by atoms with Gasteiger partial charge < -0.3 is 14.7 Å². The Balaban J connectivity index is 1.88. The van der Waals surface area contributed by atoms with Crippen molar-refractivity contribution in [3.05, 3.63) is 23.8 Å². The van der Waals surface area contributed by atoms with Gasteiger partial charge in [0.1, 0.15) is 0 Å². The van der Waals surface area contributed by atoms with E-state index in [0.717, 1.165) is 30.2 Å². The SMILES string of the molecule is C[C@H](NO)[C@H](c1ccc2c(c1)OCO2)N1CCCCC1. The van der Waals surface area contributed by atoms with Crippen LogP contribution < -0.4 is 15.0 Å². The molecule has 5 heteroatoms. The van der Waals surface area contributed by atoms with Crippen LogP contribution in [0.4, 0.5) is 0 Å². The summed E-state index contributed by atoms with van der Waals surface area (Å²) in [7, 11) is 0. The first kappa shape index (κ1) is 13.7. The van der Waals surface area contributed by atoms with Crippen molar-refractivity contribution in [2.75, 3.05) is 19.9 Å². The molecule has 2 atom stereocenters. The minimum absolute atomic E-state index is 0.0338. The van der Waals surface area contributed by atoms with E-state index >= 15 is 0 Å². The highest BCUT2D eigenvalue weighted by atomic mass is 16.7. The second-order valence-corrected chi connectivity index (χ2v) is 5.57. The maximum Gasteiger partial charge on any atom is 0.231 e. The predicted molar refractivity (Wildman–Crippen MR) is 75.1 cm³/mol. The van der Waals surface area contributed by atoms with E-state index in [1.165, 1.54) is 19.3 Å². The Morgan fingerprint density at radius 2 is 1.90 bits per heavy atom. The molecule has 0 saturated carbocycles. The van der Waals surface area contributed by atoms with Crippen LogP contribution in [0.1, 0.15) is 37.8 Å². The van der Waals surface area contributed by atoms with Crippen LogP contribution in [0, 0.1) is 0 Å². The van der Waals surface area contributed by atoms with E-state index in [1.54, 1.807) is 0 Å². The van der Waals surface area contributed by atoms with E-state index < -0.39 is 0 Å². The van der Waals surface area contributed by atoms with Crippen molar-refractivity contribution >= 4 is 0 Å². The van der Waals surface area contributed by atoms with Gasteiger partial charge in [0, 0.05) is 6.04 Å². The van der Waals surface area contributed by atoms with Crippen LogP contribution in [0.3, 0.4) is 0 Å². The fourth-order valence-electron chi connectivity index (χ4n) is 3.18. The molecule has 0 bridgehead atoms. The minimum Gasteiger partial charge on any atom is -0.454 e. The standard InChI is InChI=1S/C15H22N2O3/c1-11(16-18)15(17-7-3-2-4-8-17)12-5-6-13-14(9-12)20-10-19-13/h5-6,9,11,15-16,18H,2-4,7-8,10H2,1H3/t11-,15+/m0/s1. The zero-order valence-corrected chi connectivity index (χ0v) is 11.8. The van der Waals surface area contributed by atoms with Crippen molar-refractivity contribution in [1.29, 1.82) is 0 Å². The second kappa shape index (κ2) is 5.99. The average Bonchev–Trinajstić information content (AvgIpc) is 2.96. The fraction of sp³-hybridized carbons (Fsp3) is 0.600. The van der Waals surface area contributed by atoms with Crippen LogP contribution in [-0.4, -0.2) is 36.0 Å². The Hall–Kier alpha value is -1.30. The Morgan fingerprint density at radius 1 is 1.15 bits per heavy atom. The van der Waals surface area contributed by atoms with E-state index in [1.807, 2.05) is 19.1 Å². The molecule has 0 amide bonds. The summed E-state index contributed by atoms with van der Waals surface area (Å²) < 4.78 is 10.8. The molecule has 0 unspecified atom stereocenters. The van der Waals surface area contributed by atoms with Crippen molar-refractivity contribution in [3.63, 3.8) is 0 Å². The number of benzene rings is 1. The summed E-state index contributed by atoms with van der Waals surface area (Å²) in [6, 6.07) is 6.18. The van der Waals surface area contributed by atoms with Crippen molar-refractivity contribution in [2.24, 2.45) is 0 Å². The van der Waals surface area contributed by atoms with Crippen LogP contribution in [0.15, 0.2) is 18.2 Å². The Bertz CT molecular complexity index is 460. The predicted octanol–water partition coefficient (Wildman–Crippen LogP) is 2.31. The highest BCUT2D eigenvalue weighted by Gasteiger charge is 2.28. The van der Waals surface area contributed by atoms with Gasteiger partial charge in [-0.2, -0.15) is 0 Å². The van der Waals surface area contributed by atoms with E-state index in [2.05, 4.69) is 16.4 Å². The maximum atomic E-state index is 9.36. The third-order valence-corrected chi connectivity index (χ3v) is 4.20. The summed E-state index contributed by atoms with van der Waals surface area (Å²) in [5.74, 6) is 1.60. The monoisotopic (exact) mass is 278 g/mol.